The van der Waals surface area contributed by atoms with Gasteiger partial charge >= 0.3 is 0 Å². The summed E-state index contributed by atoms with van der Waals surface area (Å²) in [6, 6.07) is 11.2. The third-order valence-corrected chi connectivity index (χ3v) is 6.24. The highest BCUT2D eigenvalue weighted by Crippen LogP contribution is 2.16. The van der Waals surface area contributed by atoms with Crippen molar-refractivity contribution in [1.29, 1.82) is 0 Å². The average molecular weight is 426 g/mol. The van der Waals surface area contributed by atoms with Gasteiger partial charge in [-0.3, -0.25) is 9.59 Å². The van der Waals surface area contributed by atoms with Crippen LogP contribution < -0.4 is 10.6 Å². The number of likely N-dealkylation sites (tertiary alicyclic amines) is 1. The van der Waals surface area contributed by atoms with Crippen molar-refractivity contribution in [1.82, 2.24) is 15.5 Å². The molecule has 3 rings (SSSR count). The maximum Gasteiger partial charge on any atom is 0.267 e. The Balaban J connectivity index is 1.56. The quantitative estimate of drug-likeness (QED) is 0.495. The Kier molecular flexibility index (Phi) is 8.22. The van der Waals surface area contributed by atoms with Crippen LogP contribution in [0.1, 0.15) is 47.0 Å². The van der Waals surface area contributed by atoms with E-state index in [0.717, 1.165) is 42.4 Å². The lowest BCUT2D eigenvalue weighted by atomic mass is 9.99. The molecule has 2 N–H and O–H groups in total. The van der Waals surface area contributed by atoms with E-state index in [0.29, 0.717) is 12.1 Å². The first-order valence-electron chi connectivity index (χ1n) is 10.6. The Morgan fingerprint density at radius 3 is 2.70 bits per heavy atom. The number of carbonyl (C=O) groups excluding carboxylic acids is 2. The molecule has 0 saturated carbocycles. The second kappa shape index (κ2) is 11.1. The summed E-state index contributed by atoms with van der Waals surface area (Å²) in [5.74, 6) is 0.290. The fourth-order valence-electron chi connectivity index (χ4n) is 3.54. The fraction of sp³-hybridized carbons (Fsp3) is 0.417. The van der Waals surface area contributed by atoms with Crippen LogP contribution in [0.25, 0.3) is 6.08 Å². The minimum Gasteiger partial charge on any atom is -0.351 e. The van der Waals surface area contributed by atoms with Crippen LogP contribution in [0.3, 0.4) is 0 Å². The normalized spacial score (nSPS) is 15.7. The molecule has 2 heterocycles. The molecule has 0 spiro atoms. The van der Waals surface area contributed by atoms with Crippen molar-refractivity contribution in [3.8, 4) is 0 Å². The predicted molar refractivity (Wildman–Crippen MR) is 123 cm³/mol. The van der Waals surface area contributed by atoms with Gasteiger partial charge in [-0.2, -0.15) is 0 Å². The first kappa shape index (κ1) is 22.2. The van der Waals surface area contributed by atoms with E-state index in [2.05, 4.69) is 22.5 Å². The van der Waals surface area contributed by atoms with Gasteiger partial charge in [-0.05, 0) is 81.4 Å². The van der Waals surface area contributed by atoms with E-state index >= 15 is 0 Å². The zero-order chi connectivity index (χ0) is 21.3. The van der Waals surface area contributed by atoms with E-state index in [1.54, 1.807) is 12.1 Å². The second-order valence-electron chi connectivity index (χ2n) is 8.03. The summed E-state index contributed by atoms with van der Waals surface area (Å²) in [5, 5.41) is 7.72. The predicted octanol–water partition coefficient (Wildman–Crippen LogP) is 4.07. The Hall–Kier alpha value is -2.44. The van der Waals surface area contributed by atoms with Crippen LogP contribution >= 0.6 is 11.3 Å². The van der Waals surface area contributed by atoms with Crippen molar-refractivity contribution in [2.45, 2.75) is 33.1 Å². The zero-order valence-corrected chi connectivity index (χ0v) is 18.6. The SMILES string of the molecule is Cc1cccc(C(=O)N/C(=C\c2cccs2)C(=O)NCCCN2CCC(C)CC2)c1. The number of benzene rings is 1. The Bertz CT molecular complexity index is 868. The third kappa shape index (κ3) is 6.82. The number of aryl methyl sites for hydroxylation is 1. The van der Waals surface area contributed by atoms with E-state index in [1.165, 1.54) is 24.2 Å². The van der Waals surface area contributed by atoms with Crippen molar-refractivity contribution in [3.05, 3.63) is 63.5 Å². The minimum absolute atomic E-state index is 0.253. The number of nitrogens with one attached hydrogen (secondary N) is 2. The molecule has 0 atom stereocenters. The number of rotatable bonds is 8. The van der Waals surface area contributed by atoms with Crippen molar-refractivity contribution >= 4 is 29.2 Å². The van der Waals surface area contributed by atoms with Crippen LogP contribution in [0, 0.1) is 12.8 Å². The highest BCUT2D eigenvalue weighted by atomic mass is 32.1. The van der Waals surface area contributed by atoms with Gasteiger partial charge in [-0.25, -0.2) is 0 Å². The van der Waals surface area contributed by atoms with E-state index in [-0.39, 0.29) is 17.5 Å². The highest BCUT2D eigenvalue weighted by molar-refractivity contribution is 7.10. The molecule has 0 aliphatic carbocycles. The second-order valence-corrected chi connectivity index (χ2v) is 9.01. The molecule has 2 amide bonds. The molecule has 160 valence electrons. The summed E-state index contributed by atoms with van der Waals surface area (Å²) < 4.78 is 0. The maximum atomic E-state index is 12.8. The zero-order valence-electron chi connectivity index (χ0n) is 17.8. The first-order chi connectivity index (χ1) is 14.5. The molecular formula is C24H31N3O2S. The minimum atomic E-state index is -0.279. The molecule has 1 saturated heterocycles. The number of thiophene rings is 1. The number of piperidine rings is 1. The molecule has 1 aromatic heterocycles. The van der Waals surface area contributed by atoms with Crippen LogP contribution in [-0.4, -0.2) is 42.9 Å². The van der Waals surface area contributed by atoms with Gasteiger partial charge in [0.1, 0.15) is 5.70 Å². The fourth-order valence-corrected chi connectivity index (χ4v) is 4.20. The van der Waals surface area contributed by atoms with Crippen LogP contribution in [0.15, 0.2) is 47.5 Å². The van der Waals surface area contributed by atoms with Gasteiger partial charge in [-0.15, -0.1) is 11.3 Å². The summed E-state index contributed by atoms with van der Waals surface area (Å²) in [6.07, 6.45) is 5.15. The van der Waals surface area contributed by atoms with Gasteiger partial charge in [0.2, 0.25) is 0 Å². The maximum absolute atomic E-state index is 12.8. The van der Waals surface area contributed by atoms with Crippen molar-refractivity contribution in [2.75, 3.05) is 26.2 Å². The van der Waals surface area contributed by atoms with E-state index in [9.17, 15) is 9.59 Å². The molecule has 5 nitrogen and oxygen atoms in total. The van der Waals surface area contributed by atoms with Crippen molar-refractivity contribution in [3.63, 3.8) is 0 Å². The standard InChI is InChI=1S/C24H31N3O2S/c1-18-9-13-27(14-10-18)12-5-11-25-24(29)22(17-21-8-4-15-30-21)26-23(28)20-7-3-6-19(2)16-20/h3-4,6-8,15-18H,5,9-14H2,1-2H3,(H,25,29)(H,26,28)/b22-17-. The Labute approximate surface area is 183 Å². The first-order valence-corrected chi connectivity index (χ1v) is 11.5. The topological polar surface area (TPSA) is 61.4 Å². The van der Waals surface area contributed by atoms with Crippen molar-refractivity contribution < 1.29 is 9.59 Å². The molecule has 30 heavy (non-hydrogen) atoms. The molecule has 1 aliphatic heterocycles. The summed E-state index contributed by atoms with van der Waals surface area (Å²) >= 11 is 1.53. The molecular weight excluding hydrogens is 394 g/mol. The van der Waals surface area contributed by atoms with Gasteiger partial charge in [0.15, 0.2) is 0 Å². The van der Waals surface area contributed by atoms with Gasteiger partial charge in [0.25, 0.3) is 11.8 Å². The Morgan fingerprint density at radius 2 is 2.00 bits per heavy atom. The lowest BCUT2D eigenvalue weighted by Gasteiger charge is -2.30. The summed E-state index contributed by atoms with van der Waals surface area (Å²) in [4.78, 5) is 28.9. The number of hydrogen-bond donors (Lipinski definition) is 2. The van der Waals surface area contributed by atoms with Crippen LogP contribution in [0.2, 0.25) is 0 Å². The van der Waals surface area contributed by atoms with E-state index < -0.39 is 0 Å². The van der Waals surface area contributed by atoms with Crippen molar-refractivity contribution in [2.24, 2.45) is 5.92 Å². The highest BCUT2D eigenvalue weighted by Gasteiger charge is 2.17. The molecule has 1 fully saturated rings. The number of hydrogen-bond acceptors (Lipinski definition) is 4. The summed E-state index contributed by atoms with van der Waals surface area (Å²) in [5.41, 5.74) is 1.82. The monoisotopic (exact) mass is 425 g/mol. The molecule has 1 aliphatic rings. The molecule has 6 heteroatoms. The largest absolute Gasteiger partial charge is 0.351 e. The van der Waals surface area contributed by atoms with Gasteiger partial charge in [0, 0.05) is 17.0 Å². The van der Waals surface area contributed by atoms with Crippen LogP contribution in [-0.2, 0) is 4.79 Å². The lowest BCUT2D eigenvalue weighted by Crippen LogP contribution is -2.37. The number of carbonyl (C=O) groups is 2. The lowest BCUT2D eigenvalue weighted by molar-refractivity contribution is -0.117. The molecule has 2 aromatic rings. The number of amides is 2. The van der Waals surface area contributed by atoms with E-state index in [1.807, 2.05) is 42.6 Å². The van der Waals surface area contributed by atoms with Gasteiger partial charge in [-0.1, -0.05) is 30.7 Å². The molecule has 0 radical (unpaired) electrons. The smallest absolute Gasteiger partial charge is 0.267 e. The summed E-state index contributed by atoms with van der Waals surface area (Å²) in [7, 11) is 0. The van der Waals surface area contributed by atoms with E-state index in [4.69, 9.17) is 0 Å². The number of nitrogens with zero attached hydrogens (tertiary/aromatic N) is 1. The average Bonchev–Trinajstić information content (AvgIpc) is 3.25. The molecule has 0 bridgehead atoms. The third-order valence-electron chi connectivity index (χ3n) is 5.42. The molecule has 1 aromatic carbocycles. The van der Waals surface area contributed by atoms with Crippen LogP contribution in [0.4, 0.5) is 0 Å². The molecule has 0 unspecified atom stereocenters. The van der Waals surface area contributed by atoms with Crippen LogP contribution in [0.5, 0.6) is 0 Å². The van der Waals surface area contributed by atoms with Gasteiger partial charge in [0.05, 0.1) is 0 Å². The summed E-state index contributed by atoms with van der Waals surface area (Å²) in [6.45, 7) is 8.12. The van der Waals surface area contributed by atoms with Gasteiger partial charge < -0.3 is 15.5 Å². The Morgan fingerprint density at radius 1 is 1.20 bits per heavy atom.